The monoisotopic (exact) mass is 305 g/mol. The van der Waals surface area contributed by atoms with Crippen LogP contribution in [-0.2, 0) is 27.2 Å². The third kappa shape index (κ3) is 3.31. The summed E-state index contributed by atoms with van der Waals surface area (Å²) in [6, 6.07) is 0. The minimum Gasteiger partial charge on any atom is -0.469 e. The highest BCUT2D eigenvalue weighted by Gasteiger charge is 2.31. The number of methoxy groups -OCH3 is 1. The summed E-state index contributed by atoms with van der Waals surface area (Å²) in [5, 5.41) is 7.63. The molecule has 1 aliphatic carbocycles. The highest BCUT2D eigenvalue weighted by atomic mass is 16.5. The van der Waals surface area contributed by atoms with Crippen LogP contribution in [0.4, 0.5) is 0 Å². The summed E-state index contributed by atoms with van der Waals surface area (Å²) in [5.74, 6) is 0.524. The summed E-state index contributed by atoms with van der Waals surface area (Å²) < 4.78 is 4.60. The molecule has 3 rings (SSSR count). The number of ether oxygens (including phenoxy) is 1. The van der Waals surface area contributed by atoms with Gasteiger partial charge in [-0.15, -0.1) is 0 Å². The van der Waals surface area contributed by atoms with Crippen molar-refractivity contribution in [1.29, 1.82) is 0 Å². The molecule has 1 fully saturated rings. The van der Waals surface area contributed by atoms with Crippen molar-refractivity contribution in [2.45, 2.75) is 50.9 Å². The first-order valence-corrected chi connectivity index (χ1v) is 8.09. The van der Waals surface area contributed by atoms with Gasteiger partial charge in [0.05, 0.1) is 12.8 Å². The minimum atomic E-state index is -0.251. The van der Waals surface area contributed by atoms with E-state index in [0.29, 0.717) is 25.2 Å². The van der Waals surface area contributed by atoms with E-state index >= 15 is 0 Å². The minimum absolute atomic E-state index is 0.134. The van der Waals surface area contributed by atoms with Gasteiger partial charge in [0.25, 0.3) is 0 Å². The smallest absolute Gasteiger partial charge is 0.305 e. The number of amides is 1. The van der Waals surface area contributed by atoms with E-state index < -0.39 is 0 Å². The predicted molar refractivity (Wildman–Crippen MR) is 80.4 cm³/mol. The second kappa shape index (κ2) is 6.50. The fourth-order valence-electron chi connectivity index (χ4n) is 3.10. The summed E-state index contributed by atoms with van der Waals surface area (Å²) in [6.45, 7) is 1.49. The van der Waals surface area contributed by atoms with Crippen molar-refractivity contribution in [2.24, 2.45) is 0 Å². The van der Waals surface area contributed by atoms with E-state index in [4.69, 9.17) is 0 Å². The van der Waals surface area contributed by atoms with E-state index in [-0.39, 0.29) is 11.9 Å². The Bertz CT molecular complexity index is 563. The van der Waals surface area contributed by atoms with Gasteiger partial charge in [-0.25, -0.2) is 0 Å². The average Bonchev–Trinajstić information content (AvgIpc) is 3.32. The van der Waals surface area contributed by atoms with Gasteiger partial charge in [0.1, 0.15) is 0 Å². The van der Waals surface area contributed by atoms with Crippen molar-refractivity contribution in [1.82, 2.24) is 15.1 Å². The van der Waals surface area contributed by atoms with Gasteiger partial charge in [0.15, 0.2) is 0 Å². The van der Waals surface area contributed by atoms with Crippen LogP contribution in [-0.4, -0.2) is 47.2 Å². The van der Waals surface area contributed by atoms with Crippen LogP contribution in [0.15, 0.2) is 0 Å². The standard InChI is InChI=1S/C16H23N3O3/c1-22-15(21)4-2-3-14(20)19-9-7-12-13(8-10-19)17-18-16(12)11-5-6-11/h11H,2-10H2,1H3,(H,17,18). The lowest BCUT2D eigenvalue weighted by molar-refractivity contribution is -0.140. The van der Waals surface area contributed by atoms with Gasteiger partial charge in [-0.1, -0.05) is 0 Å². The SMILES string of the molecule is COC(=O)CCCC(=O)N1CCc2[nH]nc(C3CC3)c2CC1. The van der Waals surface area contributed by atoms with Gasteiger partial charge in [0, 0.05) is 44.0 Å². The number of esters is 1. The van der Waals surface area contributed by atoms with Crippen molar-refractivity contribution in [3.63, 3.8) is 0 Å². The number of nitrogens with zero attached hydrogens (tertiary/aromatic N) is 2. The molecule has 2 aliphatic rings. The fourth-order valence-corrected chi connectivity index (χ4v) is 3.10. The maximum Gasteiger partial charge on any atom is 0.305 e. The Morgan fingerprint density at radius 3 is 2.77 bits per heavy atom. The number of aromatic amines is 1. The zero-order chi connectivity index (χ0) is 15.5. The van der Waals surface area contributed by atoms with E-state index in [9.17, 15) is 9.59 Å². The molecule has 6 nitrogen and oxygen atoms in total. The molecular weight excluding hydrogens is 282 g/mol. The van der Waals surface area contributed by atoms with E-state index in [0.717, 1.165) is 25.9 Å². The summed E-state index contributed by atoms with van der Waals surface area (Å²) in [4.78, 5) is 25.3. The molecule has 0 unspecified atom stereocenters. The molecule has 1 N–H and O–H groups in total. The second-order valence-electron chi connectivity index (χ2n) is 6.15. The van der Waals surface area contributed by atoms with Gasteiger partial charge < -0.3 is 9.64 Å². The predicted octanol–water partition coefficient (Wildman–Crippen LogP) is 1.56. The maximum absolute atomic E-state index is 12.3. The van der Waals surface area contributed by atoms with Gasteiger partial charge in [-0.05, 0) is 31.2 Å². The average molecular weight is 305 g/mol. The number of carbonyl (C=O) groups excluding carboxylic acids is 2. The summed E-state index contributed by atoms with van der Waals surface area (Å²) >= 11 is 0. The third-order valence-corrected chi connectivity index (χ3v) is 4.56. The lowest BCUT2D eigenvalue weighted by atomic mass is 10.1. The molecule has 0 aromatic carbocycles. The van der Waals surface area contributed by atoms with Crippen LogP contribution in [0.25, 0.3) is 0 Å². The number of aromatic nitrogens is 2. The molecule has 0 spiro atoms. The largest absolute Gasteiger partial charge is 0.469 e. The quantitative estimate of drug-likeness (QED) is 0.838. The highest BCUT2D eigenvalue weighted by Crippen LogP contribution is 2.41. The normalized spacial score (nSPS) is 17.8. The summed E-state index contributed by atoms with van der Waals surface area (Å²) in [6.07, 6.45) is 5.50. The number of hydrogen-bond donors (Lipinski definition) is 1. The van der Waals surface area contributed by atoms with Crippen LogP contribution in [0.3, 0.4) is 0 Å². The number of hydrogen-bond acceptors (Lipinski definition) is 4. The molecule has 120 valence electrons. The molecule has 2 heterocycles. The number of rotatable bonds is 5. The number of fused-ring (bicyclic) bond motifs is 1. The maximum atomic E-state index is 12.3. The molecule has 1 aromatic rings. The molecule has 1 amide bonds. The van der Waals surface area contributed by atoms with Crippen molar-refractivity contribution in [2.75, 3.05) is 20.2 Å². The van der Waals surface area contributed by atoms with Crippen LogP contribution < -0.4 is 0 Å². The van der Waals surface area contributed by atoms with Crippen molar-refractivity contribution < 1.29 is 14.3 Å². The van der Waals surface area contributed by atoms with Crippen LogP contribution in [0, 0.1) is 0 Å². The first kappa shape index (κ1) is 15.1. The number of carbonyl (C=O) groups is 2. The van der Waals surface area contributed by atoms with Crippen molar-refractivity contribution in [3.8, 4) is 0 Å². The Labute approximate surface area is 130 Å². The fraction of sp³-hybridized carbons (Fsp3) is 0.688. The number of H-pyrrole nitrogens is 1. The Morgan fingerprint density at radius 1 is 1.27 bits per heavy atom. The Balaban J connectivity index is 1.53. The van der Waals surface area contributed by atoms with Crippen molar-refractivity contribution in [3.05, 3.63) is 17.0 Å². The molecular formula is C16H23N3O3. The second-order valence-corrected chi connectivity index (χ2v) is 6.15. The molecule has 0 bridgehead atoms. The van der Waals surface area contributed by atoms with E-state index in [1.165, 1.54) is 36.9 Å². The molecule has 1 aromatic heterocycles. The Morgan fingerprint density at radius 2 is 2.05 bits per heavy atom. The van der Waals surface area contributed by atoms with Crippen LogP contribution in [0.1, 0.15) is 55.0 Å². The van der Waals surface area contributed by atoms with Crippen LogP contribution >= 0.6 is 0 Å². The zero-order valence-electron chi connectivity index (χ0n) is 13.1. The molecule has 0 saturated heterocycles. The van der Waals surface area contributed by atoms with E-state index in [1.807, 2.05) is 4.90 Å². The van der Waals surface area contributed by atoms with Gasteiger partial charge in [-0.2, -0.15) is 5.10 Å². The first-order chi connectivity index (χ1) is 10.7. The topological polar surface area (TPSA) is 75.3 Å². The molecule has 22 heavy (non-hydrogen) atoms. The molecule has 1 aliphatic heterocycles. The molecule has 0 atom stereocenters. The van der Waals surface area contributed by atoms with E-state index in [1.54, 1.807) is 0 Å². The third-order valence-electron chi connectivity index (χ3n) is 4.56. The summed E-state index contributed by atoms with van der Waals surface area (Å²) in [5.41, 5.74) is 3.77. The zero-order valence-corrected chi connectivity index (χ0v) is 13.1. The highest BCUT2D eigenvalue weighted by molar-refractivity contribution is 5.77. The molecule has 6 heteroatoms. The van der Waals surface area contributed by atoms with Gasteiger partial charge in [-0.3, -0.25) is 14.7 Å². The number of nitrogens with one attached hydrogen (secondary N) is 1. The summed E-state index contributed by atoms with van der Waals surface area (Å²) in [7, 11) is 1.37. The Kier molecular flexibility index (Phi) is 4.45. The van der Waals surface area contributed by atoms with Crippen molar-refractivity contribution >= 4 is 11.9 Å². The van der Waals surface area contributed by atoms with E-state index in [2.05, 4.69) is 14.9 Å². The van der Waals surface area contributed by atoms with Crippen LogP contribution in [0.5, 0.6) is 0 Å². The molecule has 0 radical (unpaired) electrons. The lowest BCUT2D eigenvalue weighted by Crippen LogP contribution is -2.33. The lowest BCUT2D eigenvalue weighted by Gasteiger charge is -2.20. The van der Waals surface area contributed by atoms with Gasteiger partial charge >= 0.3 is 5.97 Å². The van der Waals surface area contributed by atoms with Crippen LogP contribution in [0.2, 0.25) is 0 Å². The van der Waals surface area contributed by atoms with Gasteiger partial charge in [0.2, 0.25) is 5.91 Å². The molecule has 1 saturated carbocycles. The Hall–Kier alpha value is -1.85. The first-order valence-electron chi connectivity index (χ1n) is 8.09.